The summed E-state index contributed by atoms with van der Waals surface area (Å²) in [6.45, 7) is 1.21. The van der Waals surface area contributed by atoms with Crippen LogP contribution >= 0.6 is 0 Å². The molecule has 0 saturated carbocycles. The lowest BCUT2D eigenvalue weighted by Crippen LogP contribution is -2.02. The van der Waals surface area contributed by atoms with Gasteiger partial charge >= 0.3 is 0 Å². The van der Waals surface area contributed by atoms with E-state index < -0.39 is 23.3 Å². The zero-order valence-electron chi connectivity index (χ0n) is 8.90. The van der Waals surface area contributed by atoms with Gasteiger partial charge in [0.1, 0.15) is 0 Å². The van der Waals surface area contributed by atoms with Crippen LogP contribution < -0.4 is 0 Å². The van der Waals surface area contributed by atoms with E-state index in [0.717, 1.165) is 0 Å². The molecule has 0 amide bonds. The first-order valence-corrected chi connectivity index (χ1v) is 4.92. The maximum Gasteiger partial charge on any atom is 0.198 e. The molecular formula is C13H8F4. The number of hydrogen-bond acceptors (Lipinski definition) is 0. The van der Waals surface area contributed by atoms with Gasteiger partial charge in [0.05, 0.1) is 0 Å². The van der Waals surface area contributed by atoms with Gasteiger partial charge < -0.3 is 0 Å². The number of rotatable bonds is 1. The first-order valence-electron chi connectivity index (χ1n) is 4.92. The fourth-order valence-electron chi connectivity index (χ4n) is 1.69. The maximum absolute atomic E-state index is 13.6. The minimum atomic E-state index is -1.79. The van der Waals surface area contributed by atoms with Crippen LogP contribution in [0.5, 0.6) is 0 Å². The van der Waals surface area contributed by atoms with E-state index in [1.165, 1.54) is 19.1 Å². The van der Waals surface area contributed by atoms with Gasteiger partial charge in [0.25, 0.3) is 0 Å². The van der Waals surface area contributed by atoms with Gasteiger partial charge in [-0.3, -0.25) is 0 Å². The summed E-state index contributed by atoms with van der Waals surface area (Å²) in [5.74, 6) is -6.29. The van der Waals surface area contributed by atoms with Gasteiger partial charge in [0.2, 0.25) is 0 Å². The minimum Gasteiger partial charge on any atom is -0.203 e. The van der Waals surface area contributed by atoms with Crippen LogP contribution in [0.4, 0.5) is 17.6 Å². The predicted molar refractivity (Wildman–Crippen MR) is 56.4 cm³/mol. The van der Waals surface area contributed by atoms with Crippen molar-refractivity contribution in [3.63, 3.8) is 0 Å². The monoisotopic (exact) mass is 240 g/mol. The van der Waals surface area contributed by atoms with E-state index in [1.807, 2.05) is 0 Å². The van der Waals surface area contributed by atoms with Crippen molar-refractivity contribution in [2.45, 2.75) is 6.92 Å². The van der Waals surface area contributed by atoms with Crippen LogP contribution in [-0.4, -0.2) is 0 Å². The lowest BCUT2D eigenvalue weighted by atomic mass is 9.99. The molecule has 88 valence electrons. The minimum absolute atomic E-state index is 0.243. The molecule has 0 aliphatic rings. The molecule has 0 nitrogen and oxygen atoms in total. The molecule has 17 heavy (non-hydrogen) atoms. The van der Waals surface area contributed by atoms with Gasteiger partial charge in [-0.15, -0.1) is 0 Å². The molecule has 2 rings (SSSR count). The molecule has 0 fully saturated rings. The Morgan fingerprint density at radius 1 is 0.706 bits per heavy atom. The van der Waals surface area contributed by atoms with Crippen molar-refractivity contribution in [3.8, 4) is 11.1 Å². The standard InChI is InChI=1S/C13H8F4/c1-7-9(8-5-3-2-4-6-8)11(15)13(17)12(16)10(7)14/h2-6H,1H3. The highest BCUT2D eigenvalue weighted by Gasteiger charge is 2.23. The highest BCUT2D eigenvalue weighted by atomic mass is 19.2. The Balaban J connectivity index is 2.80. The second-order valence-corrected chi connectivity index (χ2v) is 3.62. The second-order valence-electron chi connectivity index (χ2n) is 3.62. The molecule has 0 heterocycles. The number of benzene rings is 2. The molecule has 0 unspecified atom stereocenters. The van der Waals surface area contributed by atoms with Crippen LogP contribution in [-0.2, 0) is 0 Å². The third-order valence-corrected chi connectivity index (χ3v) is 2.56. The molecule has 0 aliphatic heterocycles. The zero-order valence-corrected chi connectivity index (χ0v) is 8.90. The topological polar surface area (TPSA) is 0 Å². The van der Waals surface area contributed by atoms with Crippen LogP contribution in [0.1, 0.15) is 5.56 Å². The lowest BCUT2D eigenvalue weighted by molar-refractivity contribution is 0.408. The summed E-state index contributed by atoms with van der Waals surface area (Å²) in [6, 6.07) is 7.90. The third-order valence-electron chi connectivity index (χ3n) is 2.56. The largest absolute Gasteiger partial charge is 0.203 e. The Morgan fingerprint density at radius 2 is 1.24 bits per heavy atom. The summed E-state index contributed by atoms with van der Waals surface area (Å²) in [4.78, 5) is 0. The van der Waals surface area contributed by atoms with Gasteiger partial charge in [0, 0.05) is 5.56 Å². The summed E-state index contributed by atoms with van der Waals surface area (Å²) in [6.07, 6.45) is 0. The maximum atomic E-state index is 13.6. The Kier molecular flexibility index (Phi) is 2.88. The Bertz CT molecular complexity index is 532. The van der Waals surface area contributed by atoms with Crippen molar-refractivity contribution in [2.75, 3.05) is 0 Å². The highest BCUT2D eigenvalue weighted by Crippen LogP contribution is 2.31. The third kappa shape index (κ3) is 1.79. The van der Waals surface area contributed by atoms with E-state index in [4.69, 9.17) is 0 Å². The van der Waals surface area contributed by atoms with Crippen LogP contribution in [0.2, 0.25) is 0 Å². The van der Waals surface area contributed by atoms with Crippen LogP contribution in [0.3, 0.4) is 0 Å². The van der Waals surface area contributed by atoms with E-state index in [2.05, 4.69) is 0 Å². The molecule has 2 aromatic rings. The van der Waals surface area contributed by atoms with Gasteiger partial charge in [0.15, 0.2) is 23.3 Å². The molecule has 0 N–H and O–H groups in total. The fourth-order valence-corrected chi connectivity index (χ4v) is 1.69. The van der Waals surface area contributed by atoms with Gasteiger partial charge in [-0.2, -0.15) is 0 Å². The fraction of sp³-hybridized carbons (Fsp3) is 0.0769. The zero-order chi connectivity index (χ0) is 12.6. The summed E-state index contributed by atoms with van der Waals surface area (Å²) >= 11 is 0. The normalized spacial score (nSPS) is 10.6. The summed E-state index contributed by atoms with van der Waals surface area (Å²) in [7, 11) is 0. The predicted octanol–water partition coefficient (Wildman–Crippen LogP) is 4.22. The molecule has 2 aromatic carbocycles. The Labute approximate surface area is 95.5 Å². The first kappa shape index (κ1) is 11.6. The quantitative estimate of drug-likeness (QED) is 0.397. The van der Waals surface area contributed by atoms with E-state index in [0.29, 0.717) is 5.56 Å². The summed E-state index contributed by atoms with van der Waals surface area (Å²) in [5, 5.41) is 0. The van der Waals surface area contributed by atoms with Crippen LogP contribution in [0.15, 0.2) is 30.3 Å². The van der Waals surface area contributed by atoms with Crippen molar-refractivity contribution < 1.29 is 17.6 Å². The molecule has 0 saturated heterocycles. The van der Waals surface area contributed by atoms with E-state index in [1.54, 1.807) is 18.2 Å². The molecule has 4 heteroatoms. The van der Waals surface area contributed by atoms with Crippen LogP contribution in [0.25, 0.3) is 11.1 Å². The van der Waals surface area contributed by atoms with Crippen molar-refractivity contribution in [2.24, 2.45) is 0 Å². The average molecular weight is 240 g/mol. The van der Waals surface area contributed by atoms with Gasteiger partial charge in [-0.25, -0.2) is 17.6 Å². The number of hydrogen-bond donors (Lipinski definition) is 0. The summed E-state index contributed by atoms with van der Waals surface area (Å²) in [5.41, 5.74) is -0.185. The van der Waals surface area contributed by atoms with Crippen molar-refractivity contribution >= 4 is 0 Å². The molecule has 0 aromatic heterocycles. The first-order chi connectivity index (χ1) is 8.04. The van der Waals surface area contributed by atoms with Crippen molar-refractivity contribution in [3.05, 3.63) is 59.2 Å². The average Bonchev–Trinajstić information content (AvgIpc) is 2.36. The van der Waals surface area contributed by atoms with Gasteiger partial charge in [-0.05, 0) is 18.1 Å². The molecule has 0 bridgehead atoms. The molecule has 0 radical (unpaired) electrons. The molecular weight excluding hydrogens is 232 g/mol. The SMILES string of the molecule is Cc1c(F)c(F)c(F)c(F)c1-c1ccccc1. The van der Waals surface area contributed by atoms with E-state index in [9.17, 15) is 17.6 Å². The summed E-state index contributed by atoms with van der Waals surface area (Å²) < 4.78 is 53.0. The number of halogens is 4. The Hall–Kier alpha value is -1.84. The van der Waals surface area contributed by atoms with Gasteiger partial charge in [-0.1, -0.05) is 30.3 Å². The molecule has 0 spiro atoms. The van der Waals surface area contributed by atoms with E-state index in [-0.39, 0.29) is 11.1 Å². The molecule has 0 aliphatic carbocycles. The van der Waals surface area contributed by atoms with Crippen molar-refractivity contribution in [1.29, 1.82) is 0 Å². The lowest BCUT2D eigenvalue weighted by Gasteiger charge is -2.10. The van der Waals surface area contributed by atoms with Crippen LogP contribution in [0, 0.1) is 30.2 Å². The Morgan fingerprint density at radius 3 is 1.82 bits per heavy atom. The van der Waals surface area contributed by atoms with E-state index >= 15 is 0 Å². The molecule has 0 atom stereocenters. The second kappa shape index (κ2) is 4.20. The smallest absolute Gasteiger partial charge is 0.198 e. The van der Waals surface area contributed by atoms with Crippen molar-refractivity contribution in [1.82, 2.24) is 0 Å². The highest BCUT2D eigenvalue weighted by molar-refractivity contribution is 5.68.